The molecule has 0 spiro atoms. The molecular formula is C18H23FN4O2. The summed E-state index contributed by atoms with van der Waals surface area (Å²) in [4.78, 5) is 14.5. The Kier molecular flexibility index (Phi) is 5.03. The van der Waals surface area contributed by atoms with Crippen LogP contribution in [0.5, 0.6) is 0 Å². The zero-order chi connectivity index (χ0) is 18.0. The summed E-state index contributed by atoms with van der Waals surface area (Å²) in [5.41, 5.74) is 1.65. The summed E-state index contributed by atoms with van der Waals surface area (Å²) in [6.45, 7) is 4.99. The van der Waals surface area contributed by atoms with Crippen molar-refractivity contribution in [3.05, 3.63) is 53.6 Å². The first kappa shape index (κ1) is 17.4. The molecule has 1 aliphatic heterocycles. The molecule has 25 heavy (non-hydrogen) atoms. The molecule has 1 fully saturated rings. The van der Waals surface area contributed by atoms with Gasteiger partial charge in [-0.25, -0.2) is 9.18 Å². The van der Waals surface area contributed by atoms with Crippen molar-refractivity contribution >= 4 is 6.03 Å². The van der Waals surface area contributed by atoms with Crippen molar-refractivity contribution in [1.29, 1.82) is 0 Å². The van der Waals surface area contributed by atoms with Crippen LogP contribution >= 0.6 is 0 Å². The summed E-state index contributed by atoms with van der Waals surface area (Å²) in [6.07, 6.45) is 3.55. The fraction of sp³-hybridized carbons (Fsp3) is 0.444. The van der Waals surface area contributed by atoms with E-state index >= 15 is 0 Å². The van der Waals surface area contributed by atoms with Crippen LogP contribution in [0.4, 0.5) is 9.18 Å². The Morgan fingerprint density at radius 2 is 1.88 bits per heavy atom. The molecule has 2 amide bonds. The van der Waals surface area contributed by atoms with E-state index in [2.05, 4.69) is 10.4 Å². The number of benzene rings is 1. The SMILES string of the molecule is C[C@@H]1CN(C(=O)NC(c2ccc(F)cc2)c2cnn(C)c2)C[C@H](C)O1. The molecule has 1 N–H and O–H groups in total. The van der Waals surface area contributed by atoms with Gasteiger partial charge >= 0.3 is 6.03 Å². The molecule has 3 rings (SSSR count). The Bertz CT molecular complexity index is 721. The standard InChI is InChI=1S/C18H23FN4O2/c1-12-9-23(10-13(2)25-12)18(24)21-17(15-8-20-22(3)11-15)14-4-6-16(19)7-5-14/h4-8,11-13,17H,9-10H2,1-3H3,(H,21,24)/t12-,13+,17?. The maximum Gasteiger partial charge on any atom is 0.318 e. The number of urea groups is 1. The van der Waals surface area contributed by atoms with Gasteiger partial charge in [0.2, 0.25) is 0 Å². The Morgan fingerprint density at radius 1 is 1.24 bits per heavy atom. The molecular weight excluding hydrogens is 323 g/mol. The van der Waals surface area contributed by atoms with E-state index in [1.807, 2.05) is 27.1 Å². The average molecular weight is 346 g/mol. The molecule has 1 unspecified atom stereocenters. The number of aryl methyl sites for hydroxylation is 1. The molecule has 3 atom stereocenters. The van der Waals surface area contributed by atoms with Crippen LogP contribution in [0.3, 0.4) is 0 Å². The van der Waals surface area contributed by atoms with Gasteiger partial charge in [0.1, 0.15) is 5.82 Å². The number of carbonyl (C=O) groups is 1. The molecule has 0 saturated carbocycles. The zero-order valence-electron chi connectivity index (χ0n) is 14.6. The molecule has 2 heterocycles. The van der Waals surface area contributed by atoms with Crippen molar-refractivity contribution in [3.8, 4) is 0 Å². The van der Waals surface area contributed by atoms with Crippen LogP contribution < -0.4 is 5.32 Å². The molecule has 7 heteroatoms. The van der Waals surface area contributed by atoms with Gasteiger partial charge in [-0.05, 0) is 31.5 Å². The third-order valence-electron chi connectivity index (χ3n) is 4.24. The van der Waals surface area contributed by atoms with Gasteiger partial charge in [0.05, 0.1) is 24.4 Å². The first-order chi connectivity index (χ1) is 11.9. The number of amides is 2. The fourth-order valence-corrected chi connectivity index (χ4v) is 3.16. The summed E-state index contributed by atoms with van der Waals surface area (Å²) >= 11 is 0. The lowest BCUT2D eigenvalue weighted by molar-refractivity contribution is -0.0546. The van der Waals surface area contributed by atoms with Gasteiger partial charge < -0.3 is 15.0 Å². The summed E-state index contributed by atoms with van der Waals surface area (Å²) in [7, 11) is 1.82. The minimum Gasteiger partial charge on any atom is -0.372 e. The molecule has 0 bridgehead atoms. The molecule has 1 aromatic carbocycles. The van der Waals surface area contributed by atoms with E-state index in [0.717, 1.165) is 11.1 Å². The van der Waals surface area contributed by atoms with E-state index in [4.69, 9.17) is 4.74 Å². The van der Waals surface area contributed by atoms with Crippen molar-refractivity contribution < 1.29 is 13.9 Å². The van der Waals surface area contributed by atoms with Crippen molar-refractivity contribution in [2.75, 3.05) is 13.1 Å². The van der Waals surface area contributed by atoms with Crippen LogP contribution in [0.1, 0.15) is 31.0 Å². The van der Waals surface area contributed by atoms with E-state index in [1.165, 1.54) is 12.1 Å². The number of ether oxygens (including phenoxy) is 1. The third-order valence-corrected chi connectivity index (χ3v) is 4.24. The lowest BCUT2D eigenvalue weighted by Gasteiger charge is -2.36. The van der Waals surface area contributed by atoms with Crippen molar-refractivity contribution in [2.24, 2.45) is 7.05 Å². The largest absolute Gasteiger partial charge is 0.372 e. The maximum atomic E-state index is 13.3. The topological polar surface area (TPSA) is 59.4 Å². The third kappa shape index (κ3) is 4.17. The van der Waals surface area contributed by atoms with Gasteiger partial charge in [-0.15, -0.1) is 0 Å². The van der Waals surface area contributed by atoms with Crippen molar-refractivity contribution in [2.45, 2.75) is 32.1 Å². The first-order valence-corrected chi connectivity index (χ1v) is 8.37. The minimum absolute atomic E-state index is 0.00263. The quantitative estimate of drug-likeness (QED) is 0.929. The average Bonchev–Trinajstić information content (AvgIpc) is 2.98. The summed E-state index contributed by atoms with van der Waals surface area (Å²) in [5.74, 6) is -0.309. The predicted octanol–water partition coefficient (Wildman–Crippen LogP) is 2.47. The smallest absolute Gasteiger partial charge is 0.318 e. The molecule has 1 saturated heterocycles. The Labute approximate surface area is 146 Å². The Balaban J connectivity index is 1.82. The monoisotopic (exact) mass is 346 g/mol. The van der Waals surface area contributed by atoms with Gasteiger partial charge in [0.15, 0.2) is 0 Å². The second-order valence-corrected chi connectivity index (χ2v) is 6.54. The number of hydrogen-bond acceptors (Lipinski definition) is 3. The molecule has 1 aromatic heterocycles. The second kappa shape index (κ2) is 7.23. The predicted molar refractivity (Wildman–Crippen MR) is 91.6 cm³/mol. The van der Waals surface area contributed by atoms with Gasteiger partial charge in [-0.2, -0.15) is 5.10 Å². The van der Waals surface area contributed by atoms with Crippen LogP contribution in [0.2, 0.25) is 0 Å². The summed E-state index contributed by atoms with van der Waals surface area (Å²) in [6, 6.07) is 5.58. The highest BCUT2D eigenvalue weighted by molar-refractivity contribution is 5.75. The highest BCUT2D eigenvalue weighted by atomic mass is 19.1. The normalized spacial score (nSPS) is 21.8. The van der Waals surface area contributed by atoms with E-state index < -0.39 is 6.04 Å². The fourth-order valence-electron chi connectivity index (χ4n) is 3.16. The lowest BCUT2D eigenvalue weighted by Crippen LogP contribution is -2.52. The lowest BCUT2D eigenvalue weighted by atomic mass is 10.0. The van der Waals surface area contributed by atoms with Gasteiger partial charge in [0.25, 0.3) is 0 Å². The van der Waals surface area contributed by atoms with Crippen LogP contribution in [0.15, 0.2) is 36.7 Å². The zero-order valence-corrected chi connectivity index (χ0v) is 14.6. The van der Waals surface area contributed by atoms with Crippen LogP contribution in [-0.2, 0) is 11.8 Å². The first-order valence-electron chi connectivity index (χ1n) is 8.37. The number of hydrogen-bond donors (Lipinski definition) is 1. The molecule has 0 aliphatic carbocycles. The highest BCUT2D eigenvalue weighted by Crippen LogP contribution is 2.23. The maximum absolute atomic E-state index is 13.3. The molecule has 0 radical (unpaired) electrons. The Hall–Kier alpha value is -2.41. The van der Waals surface area contributed by atoms with E-state index in [-0.39, 0.29) is 24.1 Å². The summed E-state index contributed by atoms with van der Waals surface area (Å²) < 4.78 is 20.6. The van der Waals surface area contributed by atoms with E-state index in [1.54, 1.807) is 27.9 Å². The number of nitrogens with zero attached hydrogens (tertiary/aromatic N) is 3. The van der Waals surface area contributed by atoms with Gasteiger partial charge in [0, 0.05) is 31.9 Å². The van der Waals surface area contributed by atoms with E-state index in [0.29, 0.717) is 13.1 Å². The minimum atomic E-state index is -0.393. The van der Waals surface area contributed by atoms with Crippen LogP contribution in [0, 0.1) is 5.82 Å². The molecule has 6 nitrogen and oxygen atoms in total. The van der Waals surface area contributed by atoms with E-state index in [9.17, 15) is 9.18 Å². The highest BCUT2D eigenvalue weighted by Gasteiger charge is 2.28. The number of nitrogens with one attached hydrogen (secondary N) is 1. The molecule has 134 valence electrons. The van der Waals surface area contributed by atoms with Gasteiger partial charge in [-0.1, -0.05) is 12.1 Å². The van der Waals surface area contributed by atoms with Crippen LogP contribution in [0.25, 0.3) is 0 Å². The molecule has 1 aliphatic rings. The van der Waals surface area contributed by atoms with Crippen molar-refractivity contribution in [1.82, 2.24) is 20.0 Å². The number of halogens is 1. The second-order valence-electron chi connectivity index (χ2n) is 6.54. The van der Waals surface area contributed by atoms with Crippen LogP contribution in [-0.4, -0.2) is 46.0 Å². The molecule has 2 aromatic rings. The number of aromatic nitrogens is 2. The van der Waals surface area contributed by atoms with Crippen molar-refractivity contribution in [3.63, 3.8) is 0 Å². The number of rotatable bonds is 3. The Morgan fingerprint density at radius 3 is 2.44 bits per heavy atom. The van der Waals surface area contributed by atoms with Gasteiger partial charge in [-0.3, -0.25) is 4.68 Å². The number of carbonyl (C=O) groups excluding carboxylic acids is 1. The summed E-state index contributed by atoms with van der Waals surface area (Å²) in [5, 5.41) is 7.23. The number of morpholine rings is 1.